The first kappa shape index (κ1) is 14.1. The van der Waals surface area contributed by atoms with Crippen LogP contribution < -0.4 is 20.9 Å². The van der Waals surface area contributed by atoms with E-state index in [1.807, 2.05) is 0 Å². The summed E-state index contributed by atoms with van der Waals surface area (Å²) in [5.74, 6) is 0.0747. The van der Waals surface area contributed by atoms with E-state index in [-0.39, 0.29) is 5.75 Å². The lowest BCUT2D eigenvalue weighted by Crippen LogP contribution is -2.68. The molecule has 7 nitrogen and oxygen atoms in total. The molecule has 1 aliphatic heterocycles. The highest BCUT2D eigenvalue weighted by atomic mass is 16.3. The van der Waals surface area contributed by atoms with Gasteiger partial charge in [-0.1, -0.05) is 13.3 Å². The topological polar surface area (TPSA) is 93.7 Å². The van der Waals surface area contributed by atoms with Crippen molar-refractivity contribution >= 4 is 17.7 Å². The molecule has 1 aromatic carbocycles. The van der Waals surface area contributed by atoms with Crippen LogP contribution in [0.3, 0.4) is 0 Å². The second-order valence-corrected chi connectivity index (χ2v) is 4.49. The van der Waals surface area contributed by atoms with Gasteiger partial charge in [-0.3, -0.25) is 5.32 Å². The first-order chi connectivity index (χ1) is 9.61. The van der Waals surface area contributed by atoms with Gasteiger partial charge in [-0.05, 0) is 37.2 Å². The smallest absolute Gasteiger partial charge is 0.332 e. The zero-order valence-corrected chi connectivity index (χ0v) is 11.2. The summed E-state index contributed by atoms with van der Waals surface area (Å²) in [7, 11) is 0. The van der Waals surface area contributed by atoms with E-state index in [4.69, 9.17) is 0 Å². The molecule has 1 saturated heterocycles. The largest absolute Gasteiger partial charge is 0.508 e. The molecule has 0 unspecified atom stereocenters. The lowest BCUT2D eigenvalue weighted by atomic mass is 10.3. The van der Waals surface area contributed by atoms with E-state index in [2.05, 4.69) is 22.9 Å². The SMILES string of the molecule is CCCCNC1NC(=O)N(c2ccc(O)cc2)C(=O)N1. The fourth-order valence-corrected chi connectivity index (χ4v) is 1.87. The van der Waals surface area contributed by atoms with Crippen molar-refractivity contribution in [3.05, 3.63) is 24.3 Å². The lowest BCUT2D eigenvalue weighted by Gasteiger charge is -2.32. The number of aromatic hydroxyl groups is 1. The number of imide groups is 1. The first-order valence-corrected chi connectivity index (χ1v) is 6.55. The van der Waals surface area contributed by atoms with Crippen LogP contribution in [0.2, 0.25) is 0 Å². The Kier molecular flexibility index (Phi) is 4.41. The predicted molar refractivity (Wildman–Crippen MR) is 74.3 cm³/mol. The molecule has 1 aromatic rings. The van der Waals surface area contributed by atoms with Crippen molar-refractivity contribution in [2.45, 2.75) is 26.1 Å². The number of carbonyl (C=O) groups excluding carboxylic acids is 2. The molecule has 1 heterocycles. The van der Waals surface area contributed by atoms with Gasteiger partial charge in [0.2, 0.25) is 0 Å². The second-order valence-electron chi connectivity index (χ2n) is 4.49. The number of benzene rings is 1. The third kappa shape index (κ3) is 3.18. The summed E-state index contributed by atoms with van der Waals surface area (Å²) < 4.78 is 0. The Hall–Kier alpha value is -2.28. The molecule has 0 atom stereocenters. The molecule has 7 heteroatoms. The van der Waals surface area contributed by atoms with Crippen LogP contribution in [0.5, 0.6) is 5.75 Å². The molecule has 4 amide bonds. The molecule has 4 N–H and O–H groups in total. The first-order valence-electron chi connectivity index (χ1n) is 6.55. The Bertz CT molecular complexity index is 471. The van der Waals surface area contributed by atoms with E-state index in [1.165, 1.54) is 24.3 Å². The molecule has 0 spiro atoms. The van der Waals surface area contributed by atoms with E-state index < -0.39 is 18.4 Å². The standard InChI is InChI=1S/C13H18N4O3/c1-2-3-8-14-11-15-12(19)17(13(20)16-11)9-4-6-10(18)7-5-9/h4-7,11,14,18H,2-3,8H2,1H3,(H,15,19)(H,16,20). The molecule has 0 bridgehead atoms. The van der Waals surface area contributed by atoms with Gasteiger partial charge < -0.3 is 15.7 Å². The van der Waals surface area contributed by atoms with Gasteiger partial charge >= 0.3 is 12.1 Å². The number of phenols is 1. The van der Waals surface area contributed by atoms with Crippen molar-refractivity contribution in [3.8, 4) is 5.75 Å². The van der Waals surface area contributed by atoms with E-state index in [9.17, 15) is 14.7 Å². The fourth-order valence-electron chi connectivity index (χ4n) is 1.87. The molecular weight excluding hydrogens is 260 g/mol. The van der Waals surface area contributed by atoms with Gasteiger partial charge in [0.15, 0.2) is 6.29 Å². The minimum absolute atomic E-state index is 0.0747. The number of amides is 4. The number of hydrogen-bond acceptors (Lipinski definition) is 4. The fraction of sp³-hybridized carbons (Fsp3) is 0.385. The van der Waals surface area contributed by atoms with Crippen molar-refractivity contribution in [1.29, 1.82) is 0 Å². The molecule has 0 saturated carbocycles. The number of hydrogen-bond donors (Lipinski definition) is 4. The molecule has 108 valence electrons. The number of unbranched alkanes of at least 4 members (excludes halogenated alkanes) is 1. The zero-order valence-electron chi connectivity index (χ0n) is 11.2. The predicted octanol–water partition coefficient (Wildman–Crippen LogP) is 1.30. The van der Waals surface area contributed by atoms with Crippen LogP contribution in [0.1, 0.15) is 19.8 Å². The number of rotatable bonds is 5. The summed E-state index contributed by atoms with van der Waals surface area (Å²) in [5, 5.41) is 17.6. The van der Waals surface area contributed by atoms with E-state index >= 15 is 0 Å². The number of urea groups is 2. The molecule has 1 fully saturated rings. The maximum Gasteiger partial charge on any atom is 0.332 e. The molecular formula is C13H18N4O3. The molecule has 0 radical (unpaired) electrons. The normalized spacial score (nSPS) is 15.9. The second kappa shape index (κ2) is 6.25. The van der Waals surface area contributed by atoms with Gasteiger partial charge in [-0.25, -0.2) is 14.5 Å². The highest BCUT2D eigenvalue weighted by molar-refractivity contribution is 6.15. The maximum atomic E-state index is 12.0. The van der Waals surface area contributed by atoms with Gasteiger partial charge in [-0.2, -0.15) is 0 Å². The van der Waals surface area contributed by atoms with Crippen LogP contribution in [0.25, 0.3) is 0 Å². The number of nitrogens with zero attached hydrogens (tertiary/aromatic N) is 1. The number of nitrogens with one attached hydrogen (secondary N) is 3. The molecule has 1 aliphatic rings. The highest BCUT2D eigenvalue weighted by Gasteiger charge is 2.32. The van der Waals surface area contributed by atoms with Crippen LogP contribution >= 0.6 is 0 Å². The van der Waals surface area contributed by atoms with Crippen molar-refractivity contribution in [2.24, 2.45) is 0 Å². The van der Waals surface area contributed by atoms with Crippen LogP contribution in [0, 0.1) is 0 Å². The van der Waals surface area contributed by atoms with E-state index in [0.29, 0.717) is 12.2 Å². The van der Waals surface area contributed by atoms with Gasteiger partial charge in [0.25, 0.3) is 0 Å². The van der Waals surface area contributed by atoms with Crippen molar-refractivity contribution < 1.29 is 14.7 Å². The Morgan fingerprint density at radius 1 is 1.20 bits per heavy atom. The Morgan fingerprint density at radius 2 is 1.80 bits per heavy atom. The average Bonchev–Trinajstić information content (AvgIpc) is 2.40. The Balaban J connectivity index is 2.02. The summed E-state index contributed by atoms with van der Waals surface area (Å²) in [6, 6.07) is 4.82. The third-order valence-electron chi connectivity index (χ3n) is 2.93. The van der Waals surface area contributed by atoms with Crippen LogP contribution in [0.15, 0.2) is 24.3 Å². The summed E-state index contributed by atoms with van der Waals surface area (Å²) >= 11 is 0. The number of anilines is 1. The zero-order chi connectivity index (χ0) is 14.5. The van der Waals surface area contributed by atoms with Crippen molar-refractivity contribution in [3.63, 3.8) is 0 Å². The lowest BCUT2D eigenvalue weighted by molar-refractivity contribution is 0.211. The highest BCUT2D eigenvalue weighted by Crippen LogP contribution is 2.19. The number of carbonyl (C=O) groups is 2. The average molecular weight is 278 g/mol. The minimum atomic E-state index is -0.560. The monoisotopic (exact) mass is 278 g/mol. The molecule has 0 aromatic heterocycles. The Morgan fingerprint density at radius 3 is 2.35 bits per heavy atom. The molecule has 2 rings (SSSR count). The van der Waals surface area contributed by atoms with Gasteiger partial charge in [0, 0.05) is 0 Å². The van der Waals surface area contributed by atoms with E-state index in [0.717, 1.165) is 17.7 Å². The van der Waals surface area contributed by atoms with Crippen LogP contribution in [-0.2, 0) is 0 Å². The summed E-state index contributed by atoms with van der Waals surface area (Å²) in [4.78, 5) is 25.0. The quantitative estimate of drug-likeness (QED) is 0.611. The summed E-state index contributed by atoms with van der Waals surface area (Å²) in [6.07, 6.45) is 1.43. The Labute approximate surface area is 117 Å². The molecule has 0 aliphatic carbocycles. The number of phenolic OH excluding ortho intramolecular Hbond substituents is 1. The van der Waals surface area contributed by atoms with Gasteiger partial charge in [0.05, 0.1) is 5.69 Å². The summed E-state index contributed by atoms with van der Waals surface area (Å²) in [5.41, 5.74) is 0.393. The summed E-state index contributed by atoms with van der Waals surface area (Å²) in [6.45, 7) is 2.77. The van der Waals surface area contributed by atoms with Crippen molar-refractivity contribution in [2.75, 3.05) is 11.4 Å². The molecule has 20 heavy (non-hydrogen) atoms. The maximum absolute atomic E-state index is 12.0. The van der Waals surface area contributed by atoms with Crippen LogP contribution in [-0.4, -0.2) is 30.0 Å². The third-order valence-corrected chi connectivity index (χ3v) is 2.93. The van der Waals surface area contributed by atoms with Gasteiger partial charge in [0.1, 0.15) is 5.75 Å². The van der Waals surface area contributed by atoms with Crippen LogP contribution in [0.4, 0.5) is 15.3 Å². The van der Waals surface area contributed by atoms with Gasteiger partial charge in [-0.15, -0.1) is 0 Å². The minimum Gasteiger partial charge on any atom is -0.508 e. The van der Waals surface area contributed by atoms with E-state index in [1.54, 1.807) is 0 Å². The van der Waals surface area contributed by atoms with Crippen molar-refractivity contribution in [1.82, 2.24) is 16.0 Å².